The molecule has 2 aromatic heterocycles. The summed E-state index contributed by atoms with van der Waals surface area (Å²) >= 11 is -2.53. The van der Waals surface area contributed by atoms with Gasteiger partial charge in [-0.1, -0.05) is 0 Å². The van der Waals surface area contributed by atoms with E-state index in [1.54, 1.807) is 22.7 Å². The van der Waals surface area contributed by atoms with Crippen molar-refractivity contribution in [1.29, 1.82) is 0 Å². The van der Waals surface area contributed by atoms with Crippen LogP contribution in [0.25, 0.3) is 0 Å². The molecule has 17 heavy (non-hydrogen) atoms. The Balaban J connectivity index is 2.21. The van der Waals surface area contributed by atoms with E-state index in [2.05, 4.69) is 22.1 Å². The van der Waals surface area contributed by atoms with Crippen LogP contribution >= 0.6 is 40.6 Å². The fourth-order valence-corrected chi connectivity index (χ4v) is 36.8. The second-order valence-electron chi connectivity index (χ2n) is 3.43. The molecule has 2 heterocycles. The van der Waals surface area contributed by atoms with Crippen molar-refractivity contribution in [3.05, 3.63) is 35.0 Å². The van der Waals surface area contributed by atoms with Crippen LogP contribution in [0.5, 0.6) is 0 Å². The monoisotopic (exact) mass is 542 g/mol. The first-order chi connectivity index (χ1) is 7.92. The van der Waals surface area contributed by atoms with Gasteiger partial charge >= 0.3 is 128 Å². The number of hydrogen-bond acceptors (Lipinski definition) is 3. The zero-order chi connectivity index (χ0) is 12.5. The van der Waals surface area contributed by atoms with Gasteiger partial charge in [0.05, 0.1) is 0 Å². The van der Waals surface area contributed by atoms with Crippen molar-refractivity contribution in [1.82, 2.24) is 0 Å². The molecule has 0 aliphatic rings. The van der Waals surface area contributed by atoms with Crippen molar-refractivity contribution in [3.8, 4) is 0 Å². The maximum absolute atomic E-state index is 6.65. The Morgan fingerprint density at radius 3 is 1.65 bits per heavy atom. The molecule has 2 unspecified atom stereocenters. The molecule has 0 aliphatic carbocycles. The fourth-order valence-electron chi connectivity index (χ4n) is 1.25. The Bertz CT molecular complexity index is 424. The molecule has 0 N–H and O–H groups in total. The summed E-state index contributed by atoms with van der Waals surface area (Å²) in [5.74, 6) is 0. The molecule has 2 aromatic rings. The molecule has 0 fully saturated rings. The molecule has 1 nitrogen and oxygen atoms in total. The van der Waals surface area contributed by atoms with Gasteiger partial charge in [-0.05, 0) is 0 Å². The third-order valence-electron chi connectivity index (χ3n) is 1.96. The number of thiophene rings is 2. The van der Waals surface area contributed by atoms with Crippen molar-refractivity contribution in [2.45, 2.75) is 9.94 Å². The predicted octanol–water partition coefficient (Wildman–Crippen LogP) is 3.56. The quantitative estimate of drug-likeness (QED) is 0.542. The SMILES string of the molecule is C[Te](Cl)(O[Te](C)(Cl)c1cccs1)c1cccs1. The van der Waals surface area contributed by atoms with Crippen LogP contribution in [0.1, 0.15) is 0 Å². The first-order valence-electron chi connectivity index (χ1n) is 4.66. The molecular formula is C10H12Cl2OS2Te2. The molecule has 0 saturated heterocycles. The van der Waals surface area contributed by atoms with E-state index in [-0.39, 0.29) is 0 Å². The summed E-state index contributed by atoms with van der Waals surface area (Å²) in [5, 5.41) is 4.07. The normalized spacial score (nSPS) is 22.4. The summed E-state index contributed by atoms with van der Waals surface area (Å²) in [5.41, 5.74) is 0. The van der Waals surface area contributed by atoms with E-state index in [1.807, 2.05) is 22.9 Å². The van der Waals surface area contributed by atoms with E-state index in [1.165, 1.54) is 5.85 Å². The van der Waals surface area contributed by atoms with E-state index in [0.717, 1.165) is 0 Å². The van der Waals surface area contributed by atoms with Crippen molar-refractivity contribution < 1.29 is 1.47 Å². The summed E-state index contributed by atoms with van der Waals surface area (Å²) < 4.78 is 8.61. The van der Waals surface area contributed by atoms with E-state index in [4.69, 9.17) is 19.4 Å². The van der Waals surface area contributed by atoms with Crippen LogP contribution in [0.4, 0.5) is 0 Å². The van der Waals surface area contributed by atoms with Gasteiger partial charge in [-0.2, -0.15) is 0 Å². The Morgan fingerprint density at radius 1 is 0.941 bits per heavy atom. The third kappa shape index (κ3) is 3.76. The second-order valence-corrected chi connectivity index (χ2v) is 28.9. The molecule has 0 radical (unpaired) electrons. The summed E-state index contributed by atoms with van der Waals surface area (Å²) in [6, 6.07) is 8.14. The molecular weight excluding hydrogens is 526 g/mol. The predicted molar refractivity (Wildman–Crippen MR) is 83.9 cm³/mol. The van der Waals surface area contributed by atoms with E-state index in [9.17, 15) is 0 Å². The van der Waals surface area contributed by atoms with Gasteiger partial charge in [-0.15, -0.1) is 0 Å². The summed E-state index contributed by atoms with van der Waals surface area (Å²) in [6.45, 7) is 0. The topological polar surface area (TPSA) is 9.23 Å². The number of rotatable bonds is 4. The molecule has 7 heteroatoms. The van der Waals surface area contributed by atoms with Gasteiger partial charge < -0.3 is 0 Å². The van der Waals surface area contributed by atoms with Crippen molar-refractivity contribution in [3.63, 3.8) is 0 Å². The first kappa shape index (κ1) is 14.9. The van der Waals surface area contributed by atoms with Crippen LogP contribution in [-0.4, -0.2) is 34.9 Å². The number of hydrogen-bond donors (Lipinski definition) is 0. The van der Waals surface area contributed by atoms with E-state index >= 15 is 0 Å². The Labute approximate surface area is 126 Å². The zero-order valence-corrected chi connectivity index (χ0v) is 17.1. The average Bonchev–Trinajstić information content (AvgIpc) is 2.91. The van der Waals surface area contributed by atoms with Crippen LogP contribution in [0.3, 0.4) is 0 Å². The zero-order valence-electron chi connectivity index (χ0n) is 9.26. The first-order valence-corrected chi connectivity index (χ1v) is 21.2. The molecule has 2 atom stereocenters. The molecule has 96 valence electrons. The van der Waals surface area contributed by atoms with Crippen LogP contribution in [0.2, 0.25) is 9.94 Å². The number of halogens is 2. The summed E-state index contributed by atoms with van der Waals surface area (Å²) in [7, 11) is 13.3. The van der Waals surface area contributed by atoms with Gasteiger partial charge in [-0.3, -0.25) is 0 Å². The molecule has 0 spiro atoms. The maximum atomic E-state index is 6.65. The van der Waals surface area contributed by atoms with Gasteiger partial charge in [0, 0.05) is 0 Å². The Hall–Kier alpha value is 1.52. The van der Waals surface area contributed by atoms with E-state index < -0.39 is 34.9 Å². The Kier molecular flexibility index (Phi) is 5.16. The van der Waals surface area contributed by atoms with Crippen molar-refractivity contribution >= 4 is 81.4 Å². The standard InChI is InChI=1S/C10H12Cl2OS2Te2/c1-16(11,9-5-3-7-14-9)13-17(2,12)10-6-4-8-15-10/h3-8H,1-2H3. The average molecular weight is 538 g/mol. The van der Waals surface area contributed by atoms with E-state index in [0.29, 0.717) is 0 Å². The van der Waals surface area contributed by atoms with Crippen molar-refractivity contribution in [2.24, 2.45) is 0 Å². The molecule has 0 saturated carbocycles. The van der Waals surface area contributed by atoms with Crippen LogP contribution in [-0.2, 0) is 1.47 Å². The second kappa shape index (κ2) is 5.88. The van der Waals surface area contributed by atoms with Gasteiger partial charge in [0.2, 0.25) is 0 Å². The minimum absolute atomic E-state index is 1.18. The molecule has 0 bridgehead atoms. The minimum atomic E-state index is -2.94. The molecule has 0 amide bonds. The van der Waals surface area contributed by atoms with Crippen LogP contribution in [0, 0.1) is 0 Å². The van der Waals surface area contributed by atoms with Gasteiger partial charge in [0.25, 0.3) is 0 Å². The Morgan fingerprint density at radius 2 is 1.35 bits per heavy atom. The summed E-state index contributed by atoms with van der Waals surface area (Å²) in [4.78, 5) is 4.10. The van der Waals surface area contributed by atoms with Crippen LogP contribution < -0.4 is 5.85 Å². The van der Waals surface area contributed by atoms with Gasteiger partial charge in [0.1, 0.15) is 0 Å². The van der Waals surface area contributed by atoms with Gasteiger partial charge in [0.15, 0.2) is 0 Å². The van der Waals surface area contributed by atoms with Crippen molar-refractivity contribution in [2.75, 3.05) is 0 Å². The fraction of sp³-hybridized carbons (Fsp3) is 0.200. The van der Waals surface area contributed by atoms with Gasteiger partial charge in [-0.25, -0.2) is 0 Å². The molecule has 0 aliphatic heterocycles. The molecule has 0 aromatic carbocycles. The third-order valence-corrected chi connectivity index (χ3v) is 33.4. The molecule has 2 rings (SSSR count). The van der Waals surface area contributed by atoms with Crippen LogP contribution in [0.15, 0.2) is 35.0 Å². The summed E-state index contributed by atoms with van der Waals surface area (Å²) in [6.07, 6.45) is 0.